The molecule has 1 N–H and O–H groups in total. The largest absolute Gasteiger partial charge is 0.496 e. The normalized spacial score (nSPS) is 11.3. The van der Waals surface area contributed by atoms with Gasteiger partial charge in [-0.1, -0.05) is 29.8 Å². The zero-order valence-corrected chi connectivity index (χ0v) is 20.7. The molecule has 0 spiro atoms. The van der Waals surface area contributed by atoms with Crippen LogP contribution in [0.4, 0.5) is 0 Å². The fourth-order valence-corrected chi connectivity index (χ4v) is 5.33. The van der Waals surface area contributed by atoms with E-state index in [-0.39, 0.29) is 0 Å². The molecule has 0 aliphatic heterocycles. The highest BCUT2D eigenvalue weighted by atomic mass is 32.2. The SMILES string of the molecule is COc1cc(-c2cnc3c(c2)c(-c2ccc4[nH]ccc4c2)cn3Sc2ccc(C)cc2)ccc1C=O. The van der Waals surface area contributed by atoms with E-state index in [4.69, 9.17) is 9.72 Å². The Morgan fingerprint density at radius 3 is 2.58 bits per heavy atom. The second kappa shape index (κ2) is 9.06. The van der Waals surface area contributed by atoms with E-state index in [9.17, 15) is 4.79 Å². The number of benzene rings is 3. The Morgan fingerprint density at radius 1 is 0.944 bits per heavy atom. The van der Waals surface area contributed by atoms with Gasteiger partial charge >= 0.3 is 0 Å². The molecule has 0 amide bonds. The molecule has 5 nitrogen and oxygen atoms in total. The number of carbonyl (C=O) groups is 1. The van der Waals surface area contributed by atoms with Crippen molar-refractivity contribution in [3.8, 4) is 28.0 Å². The molecule has 0 saturated carbocycles. The standard InChI is InChI=1S/C30H23N3O2S/c1-19-3-8-25(9-4-19)36-33-17-27(21-7-10-28-22(13-21)11-12-31-28)26-14-24(16-32-30(26)33)20-5-6-23(18-34)29(15-20)35-2/h3-18,31H,1-2H3. The van der Waals surface area contributed by atoms with E-state index in [1.807, 2.05) is 24.5 Å². The van der Waals surface area contributed by atoms with Gasteiger partial charge in [0.05, 0.1) is 12.7 Å². The molecule has 0 fully saturated rings. The summed E-state index contributed by atoms with van der Waals surface area (Å²) in [5, 5.41) is 2.22. The van der Waals surface area contributed by atoms with Crippen LogP contribution in [0.2, 0.25) is 0 Å². The maximum absolute atomic E-state index is 11.4. The van der Waals surface area contributed by atoms with Gasteiger partial charge in [0.25, 0.3) is 0 Å². The molecule has 0 saturated heterocycles. The number of nitrogens with zero attached hydrogens (tertiary/aromatic N) is 2. The van der Waals surface area contributed by atoms with Crippen molar-refractivity contribution in [2.24, 2.45) is 0 Å². The lowest BCUT2D eigenvalue weighted by molar-refractivity contribution is 0.112. The van der Waals surface area contributed by atoms with E-state index in [0.29, 0.717) is 11.3 Å². The van der Waals surface area contributed by atoms with Gasteiger partial charge in [-0.15, -0.1) is 0 Å². The lowest BCUT2D eigenvalue weighted by atomic mass is 10.0. The van der Waals surface area contributed by atoms with Crippen LogP contribution in [0.5, 0.6) is 5.75 Å². The third-order valence-corrected chi connectivity index (χ3v) is 7.35. The van der Waals surface area contributed by atoms with Crippen LogP contribution in [0.1, 0.15) is 15.9 Å². The van der Waals surface area contributed by atoms with Crippen molar-refractivity contribution in [2.45, 2.75) is 11.8 Å². The number of aromatic nitrogens is 3. The number of H-pyrrole nitrogens is 1. The molecule has 36 heavy (non-hydrogen) atoms. The number of methoxy groups -OCH3 is 1. The van der Waals surface area contributed by atoms with Gasteiger partial charge in [-0.25, -0.2) is 4.98 Å². The molecule has 6 rings (SSSR count). The number of rotatable bonds is 6. The summed E-state index contributed by atoms with van der Waals surface area (Å²) in [7, 11) is 1.57. The minimum Gasteiger partial charge on any atom is -0.496 e. The second-order valence-corrected chi connectivity index (χ2v) is 9.77. The van der Waals surface area contributed by atoms with Crippen LogP contribution in [0.15, 0.2) is 96.3 Å². The van der Waals surface area contributed by atoms with Crippen LogP contribution >= 0.6 is 11.9 Å². The van der Waals surface area contributed by atoms with Gasteiger partial charge in [-0.2, -0.15) is 0 Å². The topological polar surface area (TPSA) is 59.9 Å². The van der Waals surface area contributed by atoms with E-state index in [1.165, 1.54) is 5.56 Å². The van der Waals surface area contributed by atoms with E-state index in [2.05, 4.69) is 76.7 Å². The molecule has 3 aromatic heterocycles. The Hall–Kier alpha value is -4.29. The fourth-order valence-electron chi connectivity index (χ4n) is 4.46. The Bertz CT molecular complexity index is 1730. The molecule has 0 aliphatic rings. The maximum atomic E-state index is 11.4. The van der Waals surface area contributed by atoms with Crippen LogP contribution in [0, 0.1) is 6.92 Å². The number of aryl methyl sites for hydroxylation is 1. The average molecular weight is 490 g/mol. The van der Waals surface area contributed by atoms with Gasteiger partial charge in [0.15, 0.2) is 11.9 Å². The zero-order valence-electron chi connectivity index (χ0n) is 19.9. The van der Waals surface area contributed by atoms with Gasteiger partial charge in [-0.3, -0.25) is 8.77 Å². The number of hydrogen-bond donors (Lipinski definition) is 1. The van der Waals surface area contributed by atoms with Crippen molar-refractivity contribution >= 4 is 40.2 Å². The highest BCUT2D eigenvalue weighted by molar-refractivity contribution is 7.98. The lowest BCUT2D eigenvalue weighted by Crippen LogP contribution is -1.92. The highest BCUT2D eigenvalue weighted by Crippen LogP contribution is 2.37. The summed E-state index contributed by atoms with van der Waals surface area (Å²) < 4.78 is 7.56. The van der Waals surface area contributed by atoms with Gasteiger partial charge in [0.1, 0.15) is 5.75 Å². The first kappa shape index (κ1) is 22.2. The molecule has 3 aromatic carbocycles. The first-order chi connectivity index (χ1) is 17.6. The Morgan fingerprint density at radius 2 is 1.78 bits per heavy atom. The Kier molecular flexibility index (Phi) is 5.58. The molecule has 3 heterocycles. The number of fused-ring (bicyclic) bond motifs is 2. The van der Waals surface area contributed by atoms with Gasteiger partial charge < -0.3 is 9.72 Å². The molecule has 0 radical (unpaired) electrons. The summed E-state index contributed by atoms with van der Waals surface area (Å²) in [6, 6.07) is 24.8. The van der Waals surface area contributed by atoms with Crippen LogP contribution < -0.4 is 4.74 Å². The number of carbonyl (C=O) groups excluding carboxylic acids is 1. The predicted molar refractivity (Wildman–Crippen MR) is 147 cm³/mol. The fraction of sp³-hybridized carbons (Fsp3) is 0.0667. The highest BCUT2D eigenvalue weighted by Gasteiger charge is 2.16. The third-order valence-electron chi connectivity index (χ3n) is 6.39. The van der Waals surface area contributed by atoms with Gasteiger partial charge in [0.2, 0.25) is 0 Å². The average Bonchev–Trinajstić information content (AvgIpc) is 3.53. The number of ether oxygens (including phenoxy) is 1. The molecule has 176 valence electrons. The van der Waals surface area contributed by atoms with Crippen molar-refractivity contribution in [1.29, 1.82) is 0 Å². The van der Waals surface area contributed by atoms with Crippen molar-refractivity contribution in [3.05, 3.63) is 103 Å². The Labute approximate surface area is 212 Å². The first-order valence-electron chi connectivity index (χ1n) is 11.6. The molecular weight excluding hydrogens is 466 g/mol. The number of nitrogens with one attached hydrogen (secondary N) is 1. The molecule has 0 bridgehead atoms. The van der Waals surface area contributed by atoms with Crippen molar-refractivity contribution < 1.29 is 9.53 Å². The third kappa shape index (κ3) is 3.95. The number of aldehydes is 1. The van der Waals surface area contributed by atoms with Crippen molar-refractivity contribution in [2.75, 3.05) is 7.11 Å². The lowest BCUT2D eigenvalue weighted by Gasteiger charge is -2.08. The minimum absolute atomic E-state index is 0.524. The second-order valence-electron chi connectivity index (χ2n) is 8.72. The molecule has 6 heteroatoms. The minimum atomic E-state index is 0.524. The maximum Gasteiger partial charge on any atom is 0.153 e. The summed E-state index contributed by atoms with van der Waals surface area (Å²) >= 11 is 1.65. The first-order valence-corrected chi connectivity index (χ1v) is 12.4. The molecular formula is C30H23N3O2S. The monoisotopic (exact) mass is 489 g/mol. The summed E-state index contributed by atoms with van der Waals surface area (Å²) in [6.45, 7) is 2.09. The van der Waals surface area contributed by atoms with E-state index >= 15 is 0 Å². The molecule has 0 atom stereocenters. The van der Waals surface area contributed by atoms with Crippen LogP contribution in [-0.2, 0) is 0 Å². The molecule has 6 aromatic rings. The number of aromatic amines is 1. The summed E-state index contributed by atoms with van der Waals surface area (Å²) in [4.78, 5) is 20.7. The van der Waals surface area contributed by atoms with Crippen LogP contribution in [0.3, 0.4) is 0 Å². The van der Waals surface area contributed by atoms with Gasteiger partial charge in [-0.05, 0) is 83.9 Å². The zero-order chi connectivity index (χ0) is 24.6. The quantitative estimate of drug-likeness (QED) is 0.246. The van der Waals surface area contributed by atoms with Crippen LogP contribution in [-0.4, -0.2) is 27.3 Å². The summed E-state index contributed by atoms with van der Waals surface area (Å²) in [5.74, 6) is 0.549. The van der Waals surface area contributed by atoms with E-state index in [1.54, 1.807) is 25.1 Å². The number of pyridine rings is 1. The Balaban J connectivity index is 1.52. The van der Waals surface area contributed by atoms with E-state index < -0.39 is 0 Å². The summed E-state index contributed by atoms with van der Waals surface area (Å²) in [6.07, 6.45) is 6.81. The van der Waals surface area contributed by atoms with Gasteiger partial charge in [0, 0.05) is 45.5 Å². The van der Waals surface area contributed by atoms with Crippen molar-refractivity contribution in [1.82, 2.24) is 13.9 Å². The molecule has 0 unspecified atom stereocenters. The van der Waals surface area contributed by atoms with E-state index in [0.717, 1.165) is 55.4 Å². The summed E-state index contributed by atoms with van der Waals surface area (Å²) in [5.41, 5.74) is 7.90. The van der Waals surface area contributed by atoms with Crippen molar-refractivity contribution in [3.63, 3.8) is 0 Å². The number of hydrogen-bond acceptors (Lipinski definition) is 4. The molecule has 0 aliphatic carbocycles. The van der Waals surface area contributed by atoms with Crippen LogP contribution in [0.25, 0.3) is 44.2 Å². The smallest absolute Gasteiger partial charge is 0.153 e. The predicted octanol–water partition coefficient (Wildman–Crippen LogP) is 7.54.